The Kier molecular flexibility index (Phi) is 4.55. The Morgan fingerprint density at radius 1 is 0.905 bits per heavy atom. The lowest BCUT2D eigenvalue weighted by atomic mass is 10.0. The number of rotatable bonds is 2. The van der Waals surface area contributed by atoms with E-state index in [1.165, 1.54) is 0 Å². The van der Waals surface area contributed by atoms with Gasteiger partial charge in [0.2, 0.25) is 0 Å². The predicted octanol–water partition coefficient (Wildman–Crippen LogP) is 5.86. The van der Waals surface area contributed by atoms with Crippen molar-refractivity contribution in [2.75, 3.05) is 13.2 Å². The molecule has 0 radical (unpaired) electrons. The van der Waals surface area contributed by atoms with Gasteiger partial charge in [0.05, 0.1) is 5.38 Å². The first-order chi connectivity index (χ1) is 10.0. The summed E-state index contributed by atoms with van der Waals surface area (Å²) in [5.41, 5.74) is 1.70. The number of hydrogen-bond acceptors (Lipinski definition) is 2. The Morgan fingerprint density at radius 2 is 1.48 bits per heavy atom. The second kappa shape index (κ2) is 6.25. The van der Waals surface area contributed by atoms with Crippen LogP contribution in [0.15, 0.2) is 34.8 Å². The molecule has 1 atom stereocenters. The quantitative estimate of drug-likeness (QED) is 0.580. The molecule has 21 heavy (non-hydrogen) atoms. The lowest BCUT2D eigenvalue weighted by molar-refractivity contribution is 0.171. The van der Waals surface area contributed by atoms with Crippen molar-refractivity contribution in [3.63, 3.8) is 0 Å². The van der Waals surface area contributed by atoms with Gasteiger partial charge < -0.3 is 9.47 Å². The summed E-state index contributed by atoms with van der Waals surface area (Å²) in [6, 6.07) is 9.02. The van der Waals surface area contributed by atoms with E-state index in [-0.39, 0.29) is 0 Å². The van der Waals surface area contributed by atoms with Gasteiger partial charge in [-0.1, -0.05) is 39.1 Å². The summed E-state index contributed by atoms with van der Waals surface area (Å²) in [4.78, 5) is 0. The first-order valence-corrected chi connectivity index (χ1v) is 8.22. The van der Waals surface area contributed by atoms with Crippen LogP contribution in [0.4, 0.5) is 0 Å². The van der Waals surface area contributed by atoms with Crippen LogP contribution < -0.4 is 9.47 Å². The Labute approximate surface area is 146 Å². The highest BCUT2D eigenvalue weighted by molar-refractivity contribution is 9.10. The smallest absolute Gasteiger partial charge is 0.162 e. The highest BCUT2D eigenvalue weighted by Gasteiger charge is 2.20. The second-order valence-electron chi connectivity index (χ2n) is 4.58. The summed E-state index contributed by atoms with van der Waals surface area (Å²) in [6.07, 6.45) is 0. The van der Waals surface area contributed by atoms with Crippen LogP contribution in [-0.2, 0) is 0 Å². The molecule has 0 spiro atoms. The molecule has 0 bridgehead atoms. The molecule has 2 nitrogen and oxygen atoms in total. The van der Waals surface area contributed by atoms with E-state index in [1.807, 2.05) is 12.1 Å². The van der Waals surface area contributed by atoms with Gasteiger partial charge in [-0.2, -0.15) is 0 Å². The van der Waals surface area contributed by atoms with Gasteiger partial charge in [-0.15, -0.1) is 11.6 Å². The van der Waals surface area contributed by atoms with E-state index in [0.29, 0.717) is 34.8 Å². The number of fused-ring (bicyclic) bond motifs is 1. The summed E-state index contributed by atoms with van der Waals surface area (Å²) < 4.78 is 12.0. The van der Waals surface area contributed by atoms with Crippen molar-refractivity contribution in [3.05, 3.63) is 56.0 Å². The Hall–Kier alpha value is -0.610. The molecule has 0 saturated carbocycles. The van der Waals surface area contributed by atoms with Gasteiger partial charge in [-0.05, 0) is 41.5 Å². The van der Waals surface area contributed by atoms with Crippen LogP contribution in [0.3, 0.4) is 0 Å². The van der Waals surface area contributed by atoms with Gasteiger partial charge in [0.1, 0.15) is 13.2 Å². The molecule has 2 aromatic rings. The van der Waals surface area contributed by atoms with E-state index < -0.39 is 5.38 Å². The number of hydrogen-bond donors (Lipinski definition) is 0. The number of benzene rings is 2. The van der Waals surface area contributed by atoms with Crippen molar-refractivity contribution in [3.8, 4) is 11.5 Å². The van der Waals surface area contributed by atoms with E-state index in [0.717, 1.165) is 15.6 Å². The van der Waals surface area contributed by atoms with Gasteiger partial charge in [0.15, 0.2) is 11.5 Å². The molecule has 1 unspecified atom stereocenters. The summed E-state index contributed by atoms with van der Waals surface area (Å²) in [5.74, 6) is 1.41. The van der Waals surface area contributed by atoms with Crippen LogP contribution in [0.1, 0.15) is 16.5 Å². The topological polar surface area (TPSA) is 18.5 Å². The van der Waals surface area contributed by atoms with Crippen molar-refractivity contribution in [1.82, 2.24) is 0 Å². The van der Waals surface area contributed by atoms with Crippen LogP contribution >= 0.6 is 50.7 Å². The van der Waals surface area contributed by atoms with E-state index >= 15 is 0 Å². The minimum absolute atomic E-state index is 0.397. The molecule has 1 aliphatic rings. The third kappa shape index (κ3) is 3.26. The summed E-state index contributed by atoms with van der Waals surface area (Å²) in [5, 5.41) is 0.708. The van der Waals surface area contributed by atoms with Crippen LogP contribution in [0, 0.1) is 0 Å². The molecule has 1 aliphatic heterocycles. The minimum atomic E-state index is -0.397. The van der Waals surface area contributed by atoms with Crippen molar-refractivity contribution < 1.29 is 9.47 Å². The fraction of sp³-hybridized carbons (Fsp3) is 0.200. The molecule has 0 aliphatic carbocycles. The van der Waals surface area contributed by atoms with Crippen molar-refractivity contribution in [2.24, 2.45) is 0 Å². The molecule has 3 rings (SSSR count). The maximum absolute atomic E-state index is 6.58. The van der Waals surface area contributed by atoms with Crippen molar-refractivity contribution in [1.29, 1.82) is 0 Å². The van der Waals surface area contributed by atoms with Crippen molar-refractivity contribution in [2.45, 2.75) is 5.38 Å². The third-order valence-corrected chi connectivity index (χ3v) is 4.72. The van der Waals surface area contributed by atoms with Crippen LogP contribution in [0.5, 0.6) is 11.5 Å². The molecule has 0 aromatic heterocycles. The first kappa shape index (κ1) is 15.3. The second-order valence-corrected chi connectivity index (χ2v) is 6.75. The Balaban J connectivity index is 2.02. The molecule has 0 amide bonds. The summed E-state index contributed by atoms with van der Waals surface area (Å²) in [6.45, 7) is 1.08. The molecule has 6 heteroatoms. The molecule has 0 fully saturated rings. The van der Waals surface area contributed by atoms with Gasteiger partial charge in [0.25, 0.3) is 0 Å². The molecule has 1 heterocycles. The van der Waals surface area contributed by atoms with Crippen LogP contribution in [0.25, 0.3) is 0 Å². The van der Waals surface area contributed by atoms with E-state index in [4.69, 9.17) is 44.3 Å². The molecular formula is C15H10BrCl3O2. The largest absolute Gasteiger partial charge is 0.486 e. The third-order valence-electron chi connectivity index (χ3n) is 3.11. The van der Waals surface area contributed by atoms with Gasteiger partial charge in [0, 0.05) is 14.5 Å². The van der Waals surface area contributed by atoms with Crippen molar-refractivity contribution >= 4 is 50.7 Å². The summed E-state index contributed by atoms with van der Waals surface area (Å²) in [7, 11) is 0. The molecule has 0 saturated heterocycles. The first-order valence-electron chi connectivity index (χ1n) is 6.23. The normalized spacial score (nSPS) is 14.9. The van der Waals surface area contributed by atoms with E-state index in [2.05, 4.69) is 15.9 Å². The van der Waals surface area contributed by atoms with Crippen LogP contribution in [-0.4, -0.2) is 13.2 Å². The zero-order valence-corrected chi connectivity index (χ0v) is 14.6. The molecule has 2 aromatic carbocycles. The highest BCUT2D eigenvalue weighted by atomic mass is 79.9. The fourth-order valence-corrected chi connectivity index (χ4v) is 3.71. The van der Waals surface area contributed by atoms with E-state index in [1.54, 1.807) is 18.2 Å². The Bertz CT molecular complexity index is 671. The number of ether oxygens (including phenoxy) is 2. The standard InChI is InChI=1S/C15H10BrCl3O2/c16-12-7-14-13(20-1-2-21-14)6-11(12)15(19)8-3-9(17)5-10(18)4-8/h3-7,15H,1-2H2. The minimum Gasteiger partial charge on any atom is -0.486 e. The molecular weight excluding hydrogens is 398 g/mol. The van der Waals surface area contributed by atoms with Gasteiger partial charge in [-0.25, -0.2) is 0 Å². The van der Waals surface area contributed by atoms with Crippen LogP contribution in [0.2, 0.25) is 10.0 Å². The average molecular weight is 409 g/mol. The van der Waals surface area contributed by atoms with E-state index in [9.17, 15) is 0 Å². The lowest BCUT2D eigenvalue weighted by Crippen LogP contribution is -2.15. The average Bonchev–Trinajstić information content (AvgIpc) is 2.44. The van der Waals surface area contributed by atoms with Gasteiger partial charge >= 0.3 is 0 Å². The molecule has 110 valence electrons. The maximum atomic E-state index is 6.58. The van der Waals surface area contributed by atoms with Gasteiger partial charge in [-0.3, -0.25) is 0 Å². The number of halogens is 4. The summed E-state index contributed by atoms with van der Waals surface area (Å²) >= 11 is 22.2. The highest BCUT2D eigenvalue weighted by Crippen LogP contribution is 2.42. The monoisotopic (exact) mass is 406 g/mol. The lowest BCUT2D eigenvalue weighted by Gasteiger charge is -2.21. The maximum Gasteiger partial charge on any atom is 0.162 e. The zero-order chi connectivity index (χ0) is 15.0. The molecule has 0 N–H and O–H groups in total. The predicted molar refractivity (Wildman–Crippen MR) is 89.3 cm³/mol. The SMILES string of the molecule is Clc1cc(Cl)cc(C(Cl)c2cc3c(cc2Br)OCCO3)c1. The zero-order valence-electron chi connectivity index (χ0n) is 10.7. The fourth-order valence-electron chi connectivity index (χ4n) is 2.17. The Morgan fingerprint density at radius 3 is 2.10 bits per heavy atom. The number of alkyl halides is 1.